The van der Waals surface area contributed by atoms with E-state index in [1.165, 1.54) is 0 Å². The SMILES string of the molecule is CCCNCCCOc1cccc(Nc2nccc(-c3cnc(-c4cccnc4)[nH]3)n2)c1. The summed E-state index contributed by atoms with van der Waals surface area (Å²) < 4.78 is 5.86. The Morgan fingerprint density at radius 2 is 1.97 bits per heavy atom. The Hall–Kier alpha value is -3.78. The van der Waals surface area contributed by atoms with Gasteiger partial charge in [0.1, 0.15) is 11.6 Å². The van der Waals surface area contributed by atoms with Crippen molar-refractivity contribution in [3.8, 4) is 28.5 Å². The van der Waals surface area contributed by atoms with Crippen LogP contribution in [0.1, 0.15) is 19.8 Å². The van der Waals surface area contributed by atoms with Crippen LogP contribution < -0.4 is 15.4 Å². The zero-order valence-corrected chi connectivity index (χ0v) is 18.1. The predicted molar refractivity (Wildman–Crippen MR) is 126 cm³/mol. The number of hydrogen-bond donors (Lipinski definition) is 3. The summed E-state index contributed by atoms with van der Waals surface area (Å²) >= 11 is 0. The lowest BCUT2D eigenvalue weighted by Crippen LogP contribution is -2.18. The van der Waals surface area contributed by atoms with Gasteiger partial charge in [-0.15, -0.1) is 0 Å². The molecule has 0 atom stereocenters. The maximum atomic E-state index is 5.86. The Morgan fingerprint density at radius 1 is 1.00 bits per heavy atom. The van der Waals surface area contributed by atoms with E-state index in [-0.39, 0.29) is 0 Å². The molecule has 4 aromatic rings. The fourth-order valence-electron chi connectivity index (χ4n) is 3.15. The molecule has 0 unspecified atom stereocenters. The minimum atomic E-state index is 0.501. The predicted octanol–water partition coefficient (Wildman–Crippen LogP) is 4.44. The van der Waals surface area contributed by atoms with Gasteiger partial charge in [-0.1, -0.05) is 13.0 Å². The van der Waals surface area contributed by atoms with Gasteiger partial charge in [0.05, 0.1) is 24.2 Å². The number of nitrogens with one attached hydrogen (secondary N) is 3. The Kier molecular flexibility index (Phi) is 7.38. The highest BCUT2D eigenvalue weighted by atomic mass is 16.5. The standard InChI is InChI=1S/C24H27N7O/c1-2-10-25-12-5-14-32-20-8-3-7-19(15-20)29-24-27-13-9-21(31-24)22-17-28-23(30-22)18-6-4-11-26-16-18/h3-4,6-9,11,13,15-17,25H,2,5,10,12,14H2,1H3,(H,28,30)(H,27,29,31). The van der Waals surface area contributed by atoms with Gasteiger partial charge in [0.25, 0.3) is 0 Å². The van der Waals surface area contributed by atoms with E-state index in [0.29, 0.717) is 12.6 Å². The molecule has 8 nitrogen and oxygen atoms in total. The lowest BCUT2D eigenvalue weighted by Gasteiger charge is -2.10. The molecule has 3 heterocycles. The van der Waals surface area contributed by atoms with Crippen molar-refractivity contribution in [3.63, 3.8) is 0 Å². The first-order valence-corrected chi connectivity index (χ1v) is 10.8. The number of ether oxygens (including phenoxy) is 1. The van der Waals surface area contributed by atoms with Crippen molar-refractivity contribution in [2.24, 2.45) is 0 Å². The molecule has 0 aliphatic heterocycles. The van der Waals surface area contributed by atoms with Crippen LogP contribution in [0, 0.1) is 0 Å². The first-order chi connectivity index (χ1) is 15.8. The number of H-pyrrole nitrogens is 1. The number of nitrogens with zero attached hydrogens (tertiary/aromatic N) is 4. The minimum Gasteiger partial charge on any atom is -0.493 e. The Balaban J connectivity index is 1.39. The fourth-order valence-corrected chi connectivity index (χ4v) is 3.15. The van der Waals surface area contributed by atoms with Gasteiger partial charge in [-0.05, 0) is 56.3 Å². The Morgan fingerprint density at radius 3 is 2.84 bits per heavy atom. The molecule has 1 aromatic carbocycles. The number of aromatic nitrogens is 5. The van der Waals surface area contributed by atoms with E-state index in [2.05, 4.69) is 42.5 Å². The lowest BCUT2D eigenvalue weighted by molar-refractivity contribution is 0.308. The van der Waals surface area contributed by atoms with Crippen LogP contribution in [-0.4, -0.2) is 44.6 Å². The van der Waals surface area contributed by atoms with E-state index in [9.17, 15) is 0 Å². The molecule has 4 rings (SSSR count). The topological polar surface area (TPSA) is 101 Å². The summed E-state index contributed by atoms with van der Waals surface area (Å²) in [6.45, 7) is 4.84. The van der Waals surface area contributed by atoms with Crippen LogP contribution in [0.5, 0.6) is 5.75 Å². The number of benzene rings is 1. The highest BCUT2D eigenvalue weighted by Crippen LogP contribution is 2.23. The second-order valence-corrected chi connectivity index (χ2v) is 7.26. The number of anilines is 2. The summed E-state index contributed by atoms with van der Waals surface area (Å²) in [6, 6.07) is 13.5. The third-order valence-corrected chi connectivity index (χ3v) is 4.73. The van der Waals surface area contributed by atoms with E-state index in [1.54, 1.807) is 24.8 Å². The van der Waals surface area contributed by atoms with Gasteiger partial charge in [0.15, 0.2) is 0 Å². The third kappa shape index (κ3) is 5.89. The van der Waals surface area contributed by atoms with Gasteiger partial charge < -0.3 is 20.4 Å². The molecule has 0 aliphatic rings. The summed E-state index contributed by atoms with van der Waals surface area (Å²) in [5, 5.41) is 6.63. The molecule has 0 aliphatic carbocycles. The molecular formula is C24H27N7O. The van der Waals surface area contributed by atoms with Gasteiger partial charge in [0, 0.05) is 35.9 Å². The second-order valence-electron chi connectivity index (χ2n) is 7.26. The van der Waals surface area contributed by atoms with Gasteiger partial charge in [0.2, 0.25) is 5.95 Å². The van der Waals surface area contributed by atoms with Crippen molar-refractivity contribution >= 4 is 11.6 Å². The molecule has 32 heavy (non-hydrogen) atoms. The molecule has 164 valence electrons. The Bertz CT molecular complexity index is 1110. The zero-order valence-electron chi connectivity index (χ0n) is 18.1. The van der Waals surface area contributed by atoms with Crippen LogP contribution in [-0.2, 0) is 0 Å². The van der Waals surface area contributed by atoms with Crippen LogP contribution in [0.4, 0.5) is 11.6 Å². The van der Waals surface area contributed by atoms with Gasteiger partial charge in [-0.25, -0.2) is 15.0 Å². The average molecular weight is 430 g/mol. The number of imidazole rings is 1. The summed E-state index contributed by atoms with van der Waals surface area (Å²) in [5.74, 6) is 2.06. The van der Waals surface area contributed by atoms with Crippen molar-refractivity contribution in [1.82, 2.24) is 30.2 Å². The van der Waals surface area contributed by atoms with E-state index in [1.807, 2.05) is 42.5 Å². The molecule has 0 fully saturated rings. The van der Waals surface area contributed by atoms with Gasteiger partial charge >= 0.3 is 0 Å². The lowest BCUT2D eigenvalue weighted by atomic mass is 10.3. The average Bonchev–Trinajstić information content (AvgIpc) is 3.33. The maximum Gasteiger partial charge on any atom is 0.227 e. The third-order valence-electron chi connectivity index (χ3n) is 4.73. The number of pyridine rings is 1. The van der Waals surface area contributed by atoms with Crippen molar-refractivity contribution in [1.29, 1.82) is 0 Å². The minimum absolute atomic E-state index is 0.501. The first kappa shape index (κ1) is 21.5. The van der Waals surface area contributed by atoms with Gasteiger partial charge in [-0.3, -0.25) is 4.98 Å². The number of rotatable bonds is 11. The van der Waals surface area contributed by atoms with Crippen LogP contribution >= 0.6 is 0 Å². The van der Waals surface area contributed by atoms with Crippen molar-refractivity contribution in [2.45, 2.75) is 19.8 Å². The monoisotopic (exact) mass is 429 g/mol. The zero-order chi connectivity index (χ0) is 22.0. The molecule has 0 saturated carbocycles. The van der Waals surface area contributed by atoms with Crippen molar-refractivity contribution in [3.05, 3.63) is 67.3 Å². The smallest absolute Gasteiger partial charge is 0.227 e. The van der Waals surface area contributed by atoms with Crippen LogP contribution in [0.25, 0.3) is 22.8 Å². The molecule has 0 bridgehead atoms. The van der Waals surface area contributed by atoms with E-state index in [4.69, 9.17) is 4.74 Å². The quantitative estimate of drug-likeness (QED) is 0.303. The normalized spacial score (nSPS) is 10.8. The molecule has 0 radical (unpaired) electrons. The molecular weight excluding hydrogens is 402 g/mol. The van der Waals surface area contributed by atoms with Crippen LogP contribution in [0.3, 0.4) is 0 Å². The summed E-state index contributed by atoms with van der Waals surface area (Å²) in [6.07, 6.45) is 9.10. The molecule has 8 heteroatoms. The molecule has 3 aromatic heterocycles. The molecule has 0 saturated heterocycles. The first-order valence-electron chi connectivity index (χ1n) is 10.8. The fraction of sp³-hybridized carbons (Fsp3) is 0.250. The molecule has 3 N–H and O–H groups in total. The summed E-state index contributed by atoms with van der Waals surface area (Å²) in [4.78, 5) is 20.8. The van der Waals surface area contributed by atoms with E-state index < -0.39 is 0 Å². The van der Waals surface area contributed by atoms with Crippen molar-refractivity contribution in [2.75, 3.05) is 25.0 Å². The van der Waals surface area contributed by atoms with Crippen LogP contribution in [0.15, 0.2) is 67.3 Å². The molecule has 0 spiro atoms. The van der Waals surface area contributed by atoms with Crippen molar-refractivity contribution < 1.29 is 4.74 Å². The largest absolute Gasteiger partial charge is 0.493 e. The maximum absolute atomic E-state index is 5.86. The summed E-state index contributed by atoms with van der Waals surface area (Å²) in [7, 11) is 0. The number of hydrogen-bond acceptors (Lipinski definition) is 7. The number of aromatic amines is 1. The highest BCUT2D eigenvalue weighted by molar-refractivity contribution is 5.63. The van der Waals surface area contributed by atoms with E-state index in [0.717, 1.165) is 60.1 Å². The second kappa shape index (κ2) is 11.0. The van der Waals surface area contributed by atoms with E-state index >= 15 is 0 Å². The van der Waals surface area contributed by atoms with Gasteiger partial charge in [-0.2, -0.15) is 0 Å². The summed E-state index contributed by atoms with van der Waals surface area (Å²) in [5.41, 5.74) is 3.34. The van der Waals surface area contributed by atoms with Crippen LogP contribution in [0.2, 0.25) is 0 Å². The highest BCUT2D eigenvalue weighted by Gasteiger charge is 2.08. The Labute approximate surface area is 187 Å². The molecule has 0 amide bonds.